The molecule has 1 aliphatic rings. The summed E-state index contributed by atoms with van der Waals surface area (Å²) >= 11 is 0. The van der Waals surface area contributed by atoms with Crippen molar-refractivity contribution >= 4 is 0 Å². The van der Waals surface area contributed by atoms with Gasteiger partial charge in [0.1, 0.15) is 0 Å². The van der Waals surface area contributed by atoms with Crippen molar-refractivity contribution in [2.24, 2.45) is 11.8 Å². The minimum absolute atomic E-state index is 0.111. The lowest BCUT2D eigenvalue weighted by Crippen LogP contribution is -2.33. The average Bonchev–Trinajstić information content (AvgIpc) is 1.94. The molecule has 0 heterocycles. The molecule has 0 amide bonds. The van der Waals surface area contributed by atoms with Crippen LogP contribution in [0.4, 0.5) is 0 Å². The second-order valence-electron chi connectivity index (χ2n) is 3.75. The Morgan fingerprint density at radius 1 is 1.36 bits per heavy atom. The highest BCUT2D eigenvalue weighted by Crippen LogP contribution is 2.29. The number of rotatable bonds is 1. The lowest BCUT2D eigenvalue weighted by atomic mass is 9.80. The lowest BCUT2D eigenvalue weighted by molar-refractivity contribution is -0.536. The van der Waals surface area contributed by atoms with Gasteiger partial charge in [-0.15, -0.1) is 0 Å². The Kier molecular flexibility index (Phi) is 2.47. The van der Waals surface area contributed by atoms with E-state index in [0.29, 0.717) is 5.92 Å². The number of hydrogen-bond donors (Lipinski definition) is 0. The van der Waals surface area contributed by atoms with E-state index in [0.717, 1.165) is 19.3 Å². The number of hydrogen-bond acceptors (Lipinski definition) is 2. The lowest BCUT2D eigenvalue weighted by Gasteiger charge is -2.26. The Labute approximate surface area is 66.9 Å². The first-order valence-corrected chi connectivity index (χ1v) is 4.24. The van der Waals surface area contributed by atoms with Crippen molar-refractivity contribution < 1.29 is 4.92 Å². The van der Waals surface area contributed by atoms with Crippen molar-refractivity contribution in [2.45, 2.75) is 39.2 Å². The topological polar surface area (TPSA) is 43.1 Å². The quantitative estimate of drug-likeness (QED) is 0.432. The number of nitrogens with zero attached hydrogens (tertiary/aromatic N) is 1. The third-order valence-corrected chi connectivity index (χ3v) is 2.69. The molecule has 1 rings (SSSR count). The van der Waals surface area contributed by atoms with E-state index in [2.05, 4.69) is 6.92 Å². The average molecular weight is 157 g/mol. The molecule has 0 aliphatic heterocycles. The molecule has 11 heavy (non-hydrogen) atoms. The normalized spacial score (nSPS) is 38.5. The second kappa shape index (κ2) is 3.20. The van der Waals surface area contributed by atoms with Crippen LogP contribution in [0.15, 0.2) is 0 Å². The van der Waals surface area contributed by atoms with Gasteiger partial charge in [0.25, 0.3) is 0 Å². The minimum atomic E-state index is -0.279. The molecule has 0 aromatic rings. The van der Waals surface area contributed by atoms with Gasteiger partial charge < -0.3 is 0 Å². The van der Waals surface area contributed by atoms with Gasteiger partial charge in [-0.1, -0.05) is 13.8 Å². The zero-order chi connectivity index (χ0) is 8.43. The Morgan fingerprint density at radius 2 is 2.00 bits per heavy atom. The molecule has 0 aromatic heterocycles. The van der Waals surface area contributed by atoms with Crippen LogP contribution in [0, 0.1) is 22.0 Å². The van der Waals surface area contributed by atoms with Gasteiger partial charge in [-0.05, 0) is 18.8 Å². The summed E-state index contributed by atoms with van der Waals surface area (Å²) in [6, 6.07) is -0.279. The largest absolute Gasteiger partial charge is 0.264 e. The van der Waals surface area contributed by atoms with Crippen LogP contribution in [0.2, 0.25) is 0 Å². The standard InChI is InChI=1S/C8H15NO2/c1-6-3-4-7(2)8(5-6)9(10)11/h6-8H,3-5H2,1-2H3. The Balaban J connectivity index is 2.54. The number of nitro groups is 1. The van der Waals surface area contributed by atoms with E-state index >= 15 is 0 Å². The maximum Gasteiger partial charge on any atom is 0.215 e. The van der Waals surface area contributed by atoms with Crippen LogP contribution in [-0.2, 0) is 0 Å². The van der Waals surface area contributed by atoms with Gasteiger partial charge in [-0.3, -0.25) is 10.1 Å². The van der Waals surface area contributed by atoms with Crippen LogP contribution in [-0.4, -0.2) is 11.0 Å². The van der Waals surface area contributed by atoms with Gasteiger partial charge in [0.05, 0.1) is 0 Å². The van der Waals surface area contributed by atoms with Crippen molar-refractivity contribution in [3.63, 3.8) is 0 Å². The van der Waals surface area contributed by atoms with E-state index in [1.807, 2.05) is 6.92 Å². The zero-order valence-electron chi connectivity index (χ0n) is 7.12. The van der Waals surface area contributed by atoms with Crippen LogP contribution >= 0.6 is 0 Å². The molecular formula is C8H15NO2. The Hall–Kier alpha value is -0.600. The molecule has 0 saturated heterocycles. The fourth-order valence-electron chi connectivity index (χ4n) is 1.80. The minimum Gasteiger partial charge on any atom is -0.264 e. The summed E-state index contributed by atoms with van der Waals surface area (Å²) in [6.45, 7) is 4.09. The van der Waals surface area contributed by atoms with Gasteiger partial charge in [0.15, 0.2) is 0 Å². The fourth-order valence-corrected chi connectivity index (χ4v) is 1.80. The molecule has 3 atom stereocenters. The fraction of sp³-hybridized carbons (Fsp3) is 1.00. The maximum absolute atomic E-state index is 10.5. The van der Waals surface area contributed by atoms with E-state index in [-0.39, 0.29) is 16.9 Å². The van der Waals surface area contributed by atoms with E-state index in [9.17, 15) is 10.1 Å². The van der Waals surface area contributed by atoms with Crippen molar-refractivity contribution in [3.8, 4) is 0 Å². The van der Waals surface area contributed by atoms with Crippen molar-refractivity contribution in [3.05, 3.63) is 10.1 Å². The van der Waals surface area contributed by atoms with Crippen LogP contribution in [0.5, 0.6) is 0 Å². The third kappa shape index (κ3) is 1.91. The first kappa shape index (κ1) is 8.50. The zero-order valence-corrected chi connectivity index (χ0v) is 7.12. The van der Waals surface area contributed by atoms with Crippen LogP contribution in [0.1, 0.15) is 33.1 Å². The van der Waals surface area contributed by atoms with Gasteiger partial charge in [-0.2, -0.15) is 0 Å². The van der Waals surface area contributed by atoms with Gasteiger partial charge in [-0.25, -0.2) is 0 Å². The third-order valence-electron chi connectivity index (χ3n) is 2.69. The molecule has 1 fully saturated rings. The summed E-state index contributed by atoms with van der Waals surface area (Å²) < 4.78 is 0. The highest BCUT2D eigenvalue weighted by Gasteiger charge is 2.33. The molecule has 0 radical (unpaired) electrons. The summed E-state index contributed by atoms with van der Waals surface area (Å²) in [4.78, 5) is 10.4. The molecule has 1 saturated carbocycles. The summed E-state index contributed by atoms with van der Waals surface area (Å²) in [6.07, 6.45) is 2.95. The van der Waals surface area contributed by atoms with Crippen LogP contribution in [0.3, 0.4) is 0 Å². The molecule has 64 valence electrons. The highest BCUT2D eigenvalue weighted by atomic mass is 16.6. The Bertz CT molecular complexity index is 158. The smallest absolute Gasteiger partial charge is 0.215 e. The predicted molar refractivity (Wildman–Crippen MR) is 43.0 cm³/mol. The summed E-state index contributed by atoms with van der Waals surface area (Å²) in [7, 11) is 0. The molecule has 0 N–H and O–H groups in total. The predicted octanol–water partition coefficient (Wildman–Crippen LogP) is 2.09. The molecule has 3 unspecified atom stereocenters. The summed E-state index contributed by atoms with van der Waals surface area (Å²) in [5.74, 6) is 0.822. The van der Waals surface area contributed by atoms with E-state index < -0.39 is 0 Å². The second-order valence-corrected chi connectivity index (χ2v) is 3.75. The summed E-state index contributed by atoms with van der Waals surface area (Å²) in [5.41, 5.74) is 0. The van der Waals surface area contributed by atoms with Crippen LogP contribution in [0.25, 0.3) is 0 Å². The molecule has 0 bridgehead atoms. The molecule has 3 nitrogen and oxygen atoms in total. The van der Waals surface area contributed by atoms with Crippen LogP contribution < -0.4 is 0 Å². The van der Waals surface area contributed by atoms with Gasteiger partial charge in [0, 0.05) is 17.3 Å². The van der Waals surface area contributed by atoms with Crippen molar-refractivity contribution in [1.82, 2.24) is 0 Å². The van der Waals surface area contributed by atoms with Crippen molar-refractivity contribution in [2.75, 3.05) is 0 Å². The van der Waals surface area contributed by atoms with Gasteiger partial charge in [0.2, 0.25) is 6.04 Å². The first-order valence-electron chi connectivity index (χ1n) is 4.24. The monoisotopic (exact) mass is 157 g/mol. The molecule has 0 spiro atoms. The molecule has 1 aliphatic carbocycles. The highest BCUT2D eigenvalue weighted by molar-refractivity contribution is 4.75. The summed E-state index contributed by atoms with van der Waals surface area (Å²) in [5, 5.41) is 10.5. The van der Waals surface area contributed by atoms with E-state index in [4.69, 9.17) is 0 Å². The Morgan fingerprint density at radius 3 is 2.45 bits per heavy atom. The SMILES string of the molecule is CC1CCC(C)C([N+](=O)[O-])C1. The molecular weight excluding hydrogens is 142 g/mol. The maximum atomic E-state index is 10.5. The molecule has 0 aromatic carbocycles. The van der Waals surface area contributed by atoms with E-state index in [1.165, 1.54) is 0 Å². The first-order chi connectivity index (χ1) is 5.11. The van der Waals surface area contributed by atoms with Crippen molar-refractivity contribution in [1.29, 1.82) is 0 Å². The molecule has 3 heteroatoms. The van der Waals surface area contributed by atoms with Gasteiger partial charge >= 0.3 is 0 Å². The van der Waals surface area contributed by atoms with E-state index in [1.54, 1.807) is 0 Å².